The highest BCUT2D eigenvalue weighted by molar-refractivity contribution is 6.01. The Morgan fingerprint density at radius 2 is 1.63 bits per heavy atom. The number of halogens is 1. The van der Waals surface area contributed by atoms with Crippen molar-refractivity contribution in [2.45, 2.75) is 45.8 Å². The predicted molar refractivity (Wildman–Crippen MR) is 141 cm³/mol. The number of hydrogen-bond acceptors (Lipinski definition) is 6. The monoisotopic (exact) mass is 516 g/mol. The molecule has 3 aromatic carbocycles. The summed E-state index contributed by atoms with van der Waals surface area (Å²) in [6, 6.07) is 17.7. The average Bonchev–Trinajstić information content (AvgIpc) is 3.31. The van der Waals surface area contributed by atoms with Gasteiger partial charge in [-0.05, 0) is 74.9 Å². The van der Waals surface area contributed by atoms with E-state index in [0.717, 1.165) is 15.9 Å². The van der Waals surface area contributed by atoms with Gasteiger partial charge in [0.05, 0.1) is 0 Å². The quantitative estimate of drug-likeness (QED) is 0.381. The first-order valence-corrected chi connectivity index (χ1v) is 12.0. The molecule has 4 aromatic rings. The van der Waals surface area contributed by atoms with Gasteiger partial charge in [0.2, 0.25) is 11.7 Å². The van der Waals surface area contributed by atoms with Crippen LogP contribution in [0.1, 0.15) is 37.9 Å². The van der Waals surface area contributed by atoms with Crippen LogP contribution in [0.25, 0.3) is 11.4 Å². The van der Waals surface area contributed by atoms with Gasteiger partial charge < -0.3 is 10.4 Å². The smallest absolute Gasteiger partial charge is 0.251 e. The third kappa shape index (κ3) is 6.39. The van der Waals surface area contributed by atoms with Crippen LogP contribution < -0.4 is 10.2 Å². The number of amides is 2. The molecule has 2 N–H and O–H groups in total. The van der Waals surface area contributed by atoms with Crippen LogP contribution in [0.5, 0.6) is 5.75 Å². The molecule has 196 valence electrons. The minimum atomic E-state index is -1.13. The van der Waals surface area contributed by atoms with Crippen molar-refractivity contribution in [3.63, 3.8) is 0 Å². The van der Waals surface area contributed by atoms with Gasteiger partial charge in [-0.2, -0.15) is 4.80 Å². The lowest BCUT2D eigenvalue weighted by Crippen LogP contribution is -2.50. The molecule has 0 radical (unpaired) electrons. The third-order valence-electron chi connectivity index (χ3n) is 5.63. The van der Waals surface area contributed by atoms with Gasteiger partial charge in [0.15, 0.2) is 0 Å². The lowest BCUT2D eigenvalue weighted by atomic mass is 10.0. The first kappa shape index (κ1) is 26.5. The lowest BCUT2D eigenvalue weighted by molar-refractivity contribution is -0.128. The van der Waals surface area contributed by atoms with Crippen LogP contribution in [0.2, 0.25) is 0 Å². The Bertz CT molecular complexity index is 1410. The van der Waals surface area contributed by atoms with Crippen LogP contribution >= 0.6 is 0 Å². The summed E-state index contributed by atoms with van der Waals surface area (Å²) in [4.78, 5) is 29.9. The number of carbonyl (C=O) groups excluding carboxylic acids is 2. The van der Waals surface area contributed by atoms with E-state index in [1.54, 1.807) is 12.1 Å². The number of anilines is 1. The second-order valence-corrected chi connectivity index (χ2v) is 9.98. The van der Waals surface area contributed by atoms with Crippen LogP contribution in [0.3, 0.4) is 0 Å². The molecular formula is C28H29FN6O3. The molecule has 1 heterocycles. The summed E-state index contributed by atoms with van der Waals surface area (Å²) in [5.74, 6) is -1.09. The van der Waals surface area contributed by atoms with Gasteiger partial charge >= 0.3 is 0 Å². The first-order chi connectivity index (χ1) is 18.0. The molecular weight excluding hydrogens is 487 g/mol. The van der Waals surface area contributed by atoms with Crippen molar-refractivity contribution in [3.8, 4) is 17.1 Å². The van der Waals surface area contributed by atoms with Crippen molar-refractivity contribution >= 4 is 17.5 Å². The Morgan fingerprint density at radius 1 is 1.00 bits per heavy atom. The number of hydrogen-bond donors (Lipinski definition) is 2. The van der Waals surface area contributed by atoms with Crippen LogP contribution in [-0.4, -0.2) is 42.7 Å². The summed E-state index contributed by atoms with van der Waals surface area (Å²) in [5.41, 5.74) is 1.99. The molecule has 1 atom stereocenters. The molecule has 10 heteroatoms. The van der Waals surface area contributed by atoms with E-state index in [2.05, 4.69) is 20.7 Å². The third-order valence-corrected chi connectivity index (χ3v) is 5.63. The summed E-state index contributed by atoms with van der Waals surface area (Å²) in [7, 11) is 0. The van der Waals surface area contributed by atoms with Gasteiger partial charge in [-0.3, -0.25) is 14.5 Å². The fourth-order valence-corrected chi connectivity index (χ4v) is 3.88. The van der Waals surface area contributed by atoms with Crippen LogP contribution in [0.15, 0.2) is 72.8 Å². The molecule has 0 fully saturated rings. The Labute approximate surface area is 219 Å². The van der Waals surface area contributed by atoms with Crippen molar-refractivity contribution in [3.05, 3.63) is 89.7 Å². The number of phenolic OH excluding ortho intramolecular Hbond substituents is 1. The fourth-order valence-electron chi connectivity index (χ4n) is 3.88. The normalized spacial score (nSPS) is 12.1. The van der Waals surface area contributed by atoms with E-state index in [4.69, 9.17) is 0 Å². The topological polar surface area (TPSA) is 113 Å². The largest absolute Gasteiger partial charge is 0.508 e. The zero-order valence-corrected chi connectivity index (χ0v) is 21.6. The van der Waals surface area contributed by atoms with Crippen molar-refractivity contribution < 1.29 is 19.1 Å². The number of carbonyl (C=O) groups is 2. The highest BCUT2D eigenvalue weighted by Crippen LogP contribution is 2.30. The van der Waals surface area contributed by atoms with Crippen molar-refractivity contribution in [1.82, 2.24) is 25.5 Å². The first-order valence-electron chi connectivity index (χ1n) is 12.0. The number of aromatic hydroxyl groups is 1. The number of benzene rings is 3. The zero-order valence-electron chi connectivity index (χ0n) is 21.6. The molecule has 2 amide bonds. The molecule has 0 unspecified atom stereocenters. The van der Waals surface area contributed by atoms with Gasteiger partial charge in [-0.1, -0.05) is 42.0 Å². The van der Waals surface area contributed by atoms with Gasteiger partial charge in [0, 0.05) is 16.8 Å². The molecule has 4 rings (SSSR count). The van der Waals surface area contributed by atoms with Crippen LogP contribution in [0, 0.1) is 12.7 Å². The minimum Gasteiger partial charge on any atom is -0.508 e. The summed E-state index contributed by atoms with van der Waals surface area (Å²) in [5, 5.41) is 25.2. The maximum absolute atomic E-state index is 13.8. The Morgan fingerprint density at radius 3 is 2.24 bits per heavy atom. The van der Waals surface area contributed by atoms with E-state index in [-0.39, 0.29) is 12.3 Å². The summed E-state index contributed by atoms with van der Waals surface area (Å²) >= 11 is 0. The van der Waals surface area contributed by atoms with Gasteiger partial charge in [0.25, 0.3) is 5.91 Å². The Kier molecular flexibility index (Phi) is 7.52. The second kappa shape index (κ2) is 10.8. The molecule has 1 aromatic heterocycles. The number of nitrogens with one attached hydrogen (secondary N) is 1. The van der Waals surface area contributed by atoms with Gasteiger partial charge in [0.1, 0.15) is 24.2 Å². The summed E-state index contributed by atoms with van der Waals surface area (Å²) in [6.45, 7) is 7.13. The lowest BCUT2D eigenvalue weighted by Gasteiger charge is -2.33. The molecule has 0 saturated heterocycles. The molecule has 0 aliphatic carbocycles. The maximum Gasteiger partial charge on any atom is 0.251 e. The standard InChI is InChI=1S/C28H29FN6O3/c1-18-5-7-20(8-6-18)26-31-33-34(32-26)17-24(37)35(22-13-11-21(29)12-14-22)25(27(38)30-28(2,3)4)19-9-15-23(36)16-10-19/h5-16,25,36H,17H2,1-4H3,(H,30,38)/t25-/m1/s1. The summed E-state index contributed by atoms with van der Waals surface area (Å²) < 4.78 is 13.8. The van der Waals surface area contributed by atoms with E-state index in [1.165, 1.54) is 41.3 Å². The molecule has 38 heavy (non-hydrogen) atoms. The number of rotatable bonds is 7. The van der Waals surface area contributed by atoms with Gasteiger partial charge in [-0.15, -0.1) is 10.2 Å². The van der Waals surface area contributed by atoms with Crippen molar-refractivity contribution in [2.75, 3.05) is 4.90 Å². The zero-order chi connectivity index (χ0) is 27.4. The minimum absolute atomic E-state index is 0.0128. The Balaban J connectivity index is 1.73. The number of phenols is 1. The number of nitrogens with zero attached hydrogens (tertiary/aromatic N) is 5. The second-order valence-electron chi connectivity index (χ2n) is 9.98. The summed E-state index contributed by atoms with van der Waals surface area (Å²) in [6.07, 6.45) is 0. The molecule has 0 bridgehead atoms. The van der Waals surface area contributed by atoms with Crippen molar-refractivity contribution in [1.29, 1.82) is 0 Å². The average molecular weight is 517 g/mol. The molecule has 9 nitrogen and oxygen atoms in total. The SMILES string of the molecule is Cc1ccc(-c2nnn(CC(=O)N(c3ccc(F)cc3)[C@@H](C(=O)NC(C)(C)C)c3ccc(O)cc3)n2)cc1. The number of tetrazole rings is 1. The molecule has 0 aliphatic heterocycles. The fraction of sp³-hybridized carbons (Fsp3) is 0.250. The van der Waals surface area contributed by atoms with Crippen molar-refractivity contribution in [2.24, 2.45) is 0 Å². The van der Waals surface area contributed by atoms with E-state index in [0.29, 0.717) is 17.1 Å². The Hall–Kier alpha value is -4.60. The predicted octanol–water partition coefficient (Wildman–Crippen LogP) is 4.18. The van der Waals surface area contributed by atoms with Gasteiger partial charge in [-0.25, -0.2) is 4.39 Å². The van der Waals surface area contributed by atoms with Crippen LogP contribution in [-0.2, 0) is 16.1 Å². The molecule has 0 aliphatic rings. The van der Waals surface area contributed by atoms with E-state index >= 15 is 0 Å². The molecule has 0 saturated carbocycles. The van der Waals surface area contributed by atoms with E-state index in [9.17, 15) is 19.1 Å². The number of aromatic nitrogens is 4. The highest BCUT2D eigenvalue weighted by Gasteiger charge is 2.35. The molecule has 0 spiro atoms. The maximum atomic E-state index is 13.8. The van der Waals surface area contributed by atoms with Crippen LogP contribution in [0.4, 0.5) is 10.1 Å². The van der Waals surface area contributed by atoms with E-state index < -0.39 is 29.2 Å². The highest BCUT2D eigenvalue weighted by atomic mass is 19.1. The van der Waals surface area contributed by atoms with E-state index in [1.807, 2.05) is 52.0 Å². The number of aryl methyl sites for hydroxylation is 1.